The van der Waals surface area contributed by atoms with Crippen LogP contribution in [0, 0.1) is 11.8 Å². The third kappa shape index (κ3) is 6.64. The molecule has 0 radical (unpaired) electrons. The number of alkyl halides is 2. The number of hydrogen-bond donors (Lipinski definition) is 4. The van der Waals surface area contributed by atoms with E-state index in [0.29, 0.717) is 0 Å². The molecular weight excluding hydrogens is 579 g/mol. The van der Waals surface area contributed by atoms with Crippen LogP contribution in [0.25, 0.3) is 11.0 Å². The van der Waals surface area contributed by atoms with E-state index in [2.05, 4.69) is 21.0 Å². The number of aromatic amines is 1. The molecule has 0 aliphatic carbocycles. The highest BCUT2D eigenvalue weighted by Gasteiger charge is 2.58. The lowest BCUT2D eigenvalue weighted by Gasteiger charge is -2.25. The van der Waals surface area contributed by atoms with Crippen molar-refractivity contribution in [2.24, 2.45) is 0 Å². The summed E-state index contributed by atoms with van der Waals surface area (Å²) in [5, 5.41) is 13.5. The summed E-state index contributed by atoms with van der Waals surface area (Å²) >= 11 is 0. The summed E-state index contributed by atoms with van der Waals surface area (Å²) in [6, 6.07) is 8.05. The number of H-pyrrole nitrogens is 1. The molecule has 1 saturated heterocycles. The van der Waals surface area contributed by atoms with Crippen molar-refractivity contribution >= 4 is 30.7 Å². The minimum absolute atomic E-state index is 0.0371. The Labute approximate surface area is 238 Å². The number of nitrogens with one attached hydrogen (secondary N) is 2. The molecule has 42 heavy (non-hydrogen) atoms. The summed E-state index contributed by atoms with van der Waals surface area (Å²) in [4.78, 5) is 31.0. The Hall–Kier alpha value is -3.80. The molecule has 3 aromatic rings. The Morgan fingerprint density at radius 1 is 1.33 bits per heavy atom. The van der Waals surface area contributed by atoms with Crippen molar-refractivity contribution in [1.29, 1.82) is 0 Å². The number of esters is 1. The second kappa shape index (κ2) is 12.6. The maximum absolute atomic E-state index is 16.4. The highest BCUT2D eigenvalue weighted by atomic mass is 31.2. The van der Waals surface area contributed by atoms with E-state index in [9.17, 15) is 23.7 Å². The fraction of sp³-hybridized carbons (Fsp3) is 0.423. The van der Waals surface area contributed by atoms with Gasteiger partial charge in [0.2, 0.25) is 11.6 Å². The number of nitrogens with two attached hydrogens (primary N) is 1. The summed E-state index contributed by atoms with van der Waals surface area (Å²) in [7, 11) is -4.41. The quantitative estimate of drug-likeness (QED) is 0.151. The highest BCUT2D eigenvalue weighted by Crippen LogP contribution is 2.48. The average molecular weight is 610 g/mol. The first kappa shape index (κ1) is 31.1. The molecule has 226 valence electrons. The van der Waals surface area contributed by atoms with Crippen LogP contribution in [0.15, 0.2) is 47.4 Å². The molecule has 3 heterocycles. The van der Waals surface area contributed by atoms with Crippen LogP contribution in [0.3, 0.4) is 0 Å². The minimum Gasteiger partial charge on any atom is -0.462 e. The third-order valence-electron chi connectivity index (χ3n) is 6.08. The molecule has 1 fully saturated rings. The molecule has 6 atom stereocenters. The maximum atomic E-state index is 16.4. The molecule has 2 unspecified atom stereocenters. The number of rotatable bonds is 10. The first-order valence-corrected chi connectivity index (χ1v) is 14.3. The van der Waals surface area contributed by atoms with Crippen molar-refractivity contribution in [2.45, 2.75) is 57.0 Å². The van der Waals surface area contributed by atoms with E-state index in [1.165, 1.54) is 31.3 Å². The van der Waals surface area contributed by atoms with Gasteiger partial charge in [-0.2, -0.15) is 10.1 Å². The number of carbonyl (C=O) groups is 1. The zero-order chi connectivity index (χ0) is 30.7. The van der Waals surface area contributed by atoms with Gasteiger partial charge in [-0.3, -0.25) is 19.1 Å². The van der Waals surface area contributed by atoms with Gasteiger partial charge in [0, 0.05) is 6.20 Å². The smallest absolute Gasteiger partial charge is 0.459 e. The number of fused-ring (bicyclic) bond motifs is 1. The largest absolute Gasteiger partial charge is 0.462 e. The predicted octanol–water partition coefficient (Wildman–Crippen LogP) is 2.38. The van der Waals surface area contributed by atoms with Crippen molar-refractivity contribution in [3.05, 3.63) is 52.9 Å². The van der Waals surface area contributed by atoms with Crippen LogP contribution in [0.2, 0.25) is 0 Å². The predicted molar refractivity (Wildman–Crippen MR) is 147 cm³/mol. The molecular formula is C26H30F2N5O8P. The van der Waals surface area contributed by atoms with Crippen molar-refractivity contribution in [3.63, 3.8) is 0 Å². The average Bonchev–Trinajstić information content (AvgIpc) is 3.45. The number of aromatic nitrogens is 3. The number of hydrogen-bond acceptors (Lipinski definition) is 10. The molecule has 1 aliphatic heterocycles. The molecule has 1 aliphatic rings. The Morgan fingerprint density at radius 2 is 2.05 bits per heavy atom. The Kier molecular flexibility index (Phi) is 9.34. The summed E-state index contributed by atoms with van der Waals surface area (Å²) in [5.41, 5.74) is 2.03. The van der Waals surface area contributed by atoms with E-state index in [0.717, 1.165) is 4.57 Å². The van der Waals surface area contributed by atoms with Gasteiger partial charge in [0.05, 0.1) is 18.1 Å². The van der Waals surface area contributed by atoms with Crippen molar-refractivity contribution in [1.82, 2.24) is 19.6 Å². The van der Waals surface area contributed by atoms with Gasteiger partial charge in [0.15, 0.2) is 11.9 Å². The number of ether oxygens (including phenoxy) is 2. The van der Waals surface area contributed by atoms with Gasteiger partial charge in [-0.25, -0.2) is 13.3 Å². The molecule has 0 saturated carbocycles. The summed E-state index contributed by atoms with van der Waals surface area (Å²) in [6.45, 7) is 2.69. The van der Waals surface area contributed by atoms with Crippen LogP contribution in [-0.2, 0) is 23.4 Å². The Balaban J connectivity index is 1.63. The number of nitrogen functional groups attached to an aromatic ring is 1. The number of para-hydroxylation sites is 1. The van der Waals surface area contributed by atoms with Gasteiger partial charge >= 0.3 is 13.7 Å². The van der Waals surface area contributed by atoms with Gasteiger partial charge in [0.25, 0.3) is 5.56 Å². The summed E-state index contributed by atoms with van der Waals surface area (Å²) in [5.74, 6) is 3.13. The molecule has 16 heteroatoms. The van der Waals surface area contributed by atoms with Crippen LogP contribution in [0.4, 0.5) is 14.7 Å². The van der Waals surface area contributed by atoms with Gasteiger partial charge in [-0.1, -0.05) is 30.0 Å². The number of halogens is 2. The molecule has 4 rings (SSSR count). The lowest BCUT2D eigenvalue weighted by Crippen LogP contribution is -2.43. The molecule has 0 spiro atoms. The topological polar surface area (TPSA) is 180 Å². The van der Waals surface area contributed by atoms with E-state index in [4.69, 9.17) is 24.3 Å². The van der Waals surface area contributed by atoms with Crippen LogP contribution < -0.4 is 20.9 Å². The number of carbonyl (C=O) groups excluding carboxylic acids is 1. The number of aliphatic hydroxyl groups is 1. The lowest BCUT2D eigenvalue weighted by molar-refractivity contribution is -0.149. The van der Waals surface area contributed by atoms with E-state index < -0.39 is 68.8 Å². The van der Waals surface area contributed by atoms with Crippen LogP contribution >= 0.6 is 7.75 Å². The normalized spacial score (nSPS) is 24.1. The summed E-state index contributed by atoms with van der Waals surface area (Å²) < 4.78 is 66.3. The Bertz CT molecular complexity index is 1590. The van der Waals surface area contributed by atoms with Gasteiger partial charge in [-0.15, -0.1) is 0 Å². The van der Waals surface area contributed by atoms with E-state index >= 15 is 4.39 Å². The Morgan fingerprint density at radius 3 is 2.71 bits per heavy atom. The second-order valence-electron chi connectivity index (χ2n) is 9.62. The van der Waals surface area contributed by atoms with Gasteiger partial charge < -0.3 is 29.4 Å². The number of benzene rings is 1. The monoisotopic (exact) mass is 609 g/mol. The lowest BCUT2D eigenvalue weighted by atomic mass is 9.96. The molecule has 0 bridgehead atoms. The zero-order valence-corrected chi connectivity index (χ0v) is 23.7. The molecule has 1 aromatic carbocycles. The standard InChI is InChI=1S/C26H30F2N5O8P/c1-15(2)39-23(36)16(3)32-42(37,41-17-8-5-4-6-9-17)38-14-19-20(34)26(28,11-7-12-27)24(40-19)33-13-10-18-21(33)30-25(29)31-22(18)35/h4-6,8-10,13,15-16,19-20,24,34H,12,14H2,1-3H3,(H,32,37)(H3,29,30,31,35)/t16-,19+,20?,24+,26+,42?/m0/s1. The van der Waals surface area contributed by atoms with Crippen molar-refractivity contribution < 1.29 is 41.8 Å². The van der Waals surface area contributed by atoms with E-state index in [1.54, 1.807) is 32.0 Å². The van der Waals surface area contributed by atoms with Crippen molar-refractivity contribution in [2.75, 3.05) is 19.0 Å². The van der Waals surface area contributed by atoms with Gasteiger partial charge in [0.1, 0.15) is 30.7 Å². The number of nitrogens with zero attached hydrogens (tertiary/aromatic N) is 2. The molecule has 0 amide bonds. The van der Waals surface area contributed by atoms with E-state index in [1.807, 2.05) is 5.92 Å². The van der Waals surface area contributed by atoms with Crippen LogP contribution in [0.1, 0.15) is 27.0 Å². The number of aliphatic hydroxyl groups excluding tert-OH is 1. The summed E-state index contributed by atoms with van der Waals surface area (Å²) in [6.07, 6.45) is -4.55. The molecule has 5 N–H and O–H groups in total. The SMILES string of the molecule is CC(C)OC(=O)[C@H](C)NP(=O)(OC[C@H]1O[C@@H](n2ccc3c(=O)[nH]c(N)nc32)[C@@](F)(C#CCF)C1O)Oc1ccccc1. The number of anilines is 1. The van der Waals surface area contributed by atoms with Crippen LogP contribution in [0.5, 0.6) is 5.75 Å². The first-order valence-electron chi connectivity index (χ1n) is 12.8. The molecule has 2 aromatic heterocycles. The fourth-order valence-electron chi connectivity index (χ4n) is 4.21. The van der Waals surface area contributed by atoms with E-state index in [-0.39, 0.29) is 22.7 Å². The molecule has 13 nitrogen and oxygen atoms in total. The van der Waals surface area contributed by atoms with Crippen molar-refractivity contribution in [3.8, 4) is 17.6 Å². The first-order chi connectivity index (χ1) is 19.9. The van der Waals surface area contributed by atoms with Crippen LogP contribution in [-0.4, -0.2) is 68.9 Å². The zero-order valence-electron chi connectivity index (χ0n) is 22.8. The fourth-order valence-corrected chi connectivity index (χ4v) is 5.72. The second-order valence-corrected chi connectivity index (χ2v) is 11.3. The third-order valence-corrected chi connectivity index (χ3v) is 7.72. The minimum atomic E-state index is -4.41. The highest BCUT2D eigenvalue weighted by molar-refractivity contribution is 7.52. The maximum Gasteiger partial charge on any atom is 0.459 e. The van der Waals surface area contributed by atoms with Gasteiger partial charge in [-0.05, 0) is 39.0 Å².